The number of amides is 1. The number of benzene rings is 2. The number of carbonyl (C=O) groups excluding carboxylic acids is 1. The van der Waals surface area contributed by atoms with Crippen LogP contribution in [0.4, 0.5) is 4.39 Å². The van der Waals surface area contributed by atoms with E-state index in [0.29, 0.717) is 17.8 Å². The topological polar surface area (TPSA) is 46.4 Å². The monoisotopic (exact) mass is 401 g/mol. The minimum atomic E-state index is -0.251. The van der Waals surface area contributed by atoms with Gasteiger partial charge in [0.2, 0.25) is 5.91 Å². The van der Waals surface area contributed by atoms with Gasteiger partial charge < -0.3 is 9.72 Å². The smallest absolute Gasteiger partial charge is 0.226 e. The van der Waals surface area contributed by atoms with Crippen LogP contribution in [0, 0.1) is 19.7 Å². The zero-order valence-corrected chi connectivity index (χ0v) is 17.2. The van der Waals surface area contributed by atoms with Crippen LogP contribution >= 0.6 is 0 Å². The molecule has 0 unspecified atom stereocenters. The maximum atomic E-state index is 13.8. The van der Waals surface area contributed by atoms with Crippen molar-refractivity contribution in [2.75, 3.05) is 6.54 Å². The van der Waals surface area contributed by atoms with Crippen LogP contribution in [0.3, 0.4) is 0 Å². The van der Waals surface area contributed by atoms with Gasteiger partial charge in [0.1, 0.15) is 11.5 Å². The number of halogens is 1. The Kier molecular flexibility index (Phi) is 5.61. The summed E-state index contributed by atoms with van der Waals surface area (Å²) in [6, 6.07) is 18.9. The molecule has 0 saturated heterocycles. The van der Waals surface area contributed by atoms with Crippen molar-refractivity contribution < 1.29 is 9.18 Å². The number of fused-ring (bicyclic) bond motifs is 1. The molecule has 4 rings (SSSR count). The van der Waals surface area contributed by atoms with Crippen LogP contribution in [0.25, 0.3) is 16.9 Å². The molecule has 2 heterocycles. The highest BCUT2D eigenvalue weighted by Crippen LogP contribution is 2.27. The van der Waals surface area contributed by atoms with Gasteiger partial charge in [0.05, 0.1) is 17.8 Å². The van der Waals surface area contributed by atoms with Crippen molar-refractivity contribution in [1.82, 2.24) is 14.7 Å². The molecule has 1 N–H and O–H groups in total. The van der Waals surface area contributed by atoms with E-state index in [1.54, 1.807) is 19.1 Å². The van der Waals surface area contributed by atoms with Crippen molar-refractivity contribution in [3.63, 3.8) is 0 Å². The molecule has 1 amide bonds. The quantitative estimate of drug-likeness (QED) is 0.511. The minimum Gasteiger partial charge on any atom is -0.355 e. The zero-order valence-electron chi connectivity index (χ0n) is 17.2. The first kappa shape index (κ1) is 19.8. The lowest BCUT2D eigenvalue weighted by Crippen LogP contribution is -2.27. The molecule has 0 saturated carbocycles. The molecule has 2 aromatic carbocycles. The van der Waals surface area contributed by atoms with Crippen molar-refractivity contribution in [2.24, 2.45) is 0 Å². The third-order valence-corrected chi connectivity index (χ3v) is 5.20. The van der Waals surface area contributed by atoms with E-state index in [1.165, 1.54) is 11.6 Å². The maximum absolute atomic E-state index is 13.8. The van der Waals surface area contributed by atoms with E-state index >= 15 is 0 Å². The minimum absolute atomic E-state index is 0.0608. The molecule has 152 valence electrons. The fraction of sp³-hybridized carbons (Fsp3) is 0.200. The predicted octanol–water partition coefficient (Wildman–Crippen LogP) is 4.66. The molecular weight excluding hydrogens is 377 g/mol. The number of hydrogen-bond donors (Lipinski definition) is 1. The molecule has 0 fully saturated rings. The van der Waals surface area contributed by atoms with E-state index in [2.05, 4.69) is 5.32 Å². The number of imidazole rings is 1. The van der Waals surface area contributed by atoms with E-state index in [0.717, 1.165) is 28.9 Å². The molecule has 5 heteroatoms. The van der Waals surface area contributed by atoms with Crippen LogP contribution in [-0.2, 0) is 17.6 Å². The number of carbonyl (C=O) groups is 1. The number of pyridine rings is 1. The Balaban J connectivity index is 1.60. The predicted molar refractivity (Wildman–Crippen MR) is 117 cm³/mol. The van der Waals surface area contributed by atoms with Crippen LogP contribution < -0.4 is 5.32 Å². The van der Waals surface area contributed by atoms with Gasteiger partial charge in [-0.15, -0.1) is 0 Å². The van der Waals surface area contributed by atoms with E-state index in [9.17, 15) is 9.18 Å². The van der Waals surface area contributed by atoms with E-state index in [1.807, 2.05) is 60.0 Å². The van der Waals surface area contributed by atoms with Crippen LogP contribution in [0.5, 0.6) is 0 Å². The summed E-state index contributed by atoms with van der Waals surface area (Å²) in [5.74, 6) is -0.312. The van der Waals surface area contributed by atoms with Gasteiger partial charge in [-0.05, 0) is 61.2 Å². The van der Waals surface area contributed by atoms with Gasteiger partial charge in [0.25, 0.3) is 0 Å². The van der Waals surface area contributed by atoms with Crippen LogP contribution in [0.1, 0.15) is 22.4 Å². The average Bonchev–Trinajstić information content (AvgIpc) is 3.08. The molecule has 2 aromatic heterocycles. The SMILES string of the molecule is Cc1ccc2nc(-c3ccc(F)c(C)c3)c(CC(=O)NCCc3ccccc3)n2c1. The van der Waals surface area contributed by atoms with E-state index in [-0.39, 0.29) is 18.1 Å². The molecule has 4 aromatic rings. The Morgan fingerprint density at radius 3 is 2.63 bits per heavy atom. The molecule has 0 radical (unpaired) electrons. The molecule has 4 nitrogen and oxygen atoms in total. The molecule has 0 atom stereocenters. The molecular formula is C25H24FN3O. The number of nitrogens with one attached hydrogen (secondary N) is 1. The highest BCUT2D eigenvalue weighted by Gasteiger charge is 2.18. The second-order valence-electron chi connectivity index (χ2n) is 7.57. The van der Waals surface area contributed by atoms with Crippen molar-refractivity contribution in [2.45, 2.75) is 26.7 Å². The Morgan fingerprint density at radius 1 is 1.07 bits per heavy atom. The zero-order chi connectivity index (χ0) is 21.1. The van der Waals surface area contributed by atoms with Gasteiger partial charge in [0, 0.05) is 18.3 Å². The largest absolute Gasteiger partial charge is 0.355 e. The molecule has 0 aliphatic carbocycles. The van der Waals surface area contributed by atoms with Gasteiger partial charge >= 0.3 is 0 Å². The summed E-state index contributed by atoms with van der Waals surface area (Å²) in [4.78, 5) is 17.5. The highest BCUT2D eigenvalue weighted by atomic mass is 19.1. The van der Waals surface area contributed by atoms with E-state index in [4.69, 9.17) is 4.98 Å². The van der Waals surface area contributed by atoms with Crippen molar-refractivity contribution in [3.05, 3.63) is 95.1 Å². The number of aromatic nitrogens is 2. The summed E-state index contributed by atoms with van der Waals surface area (Å²) >= 11 is 0. The van der Waals surface area contributed by atoms with Gasteiger partial charge in [-0.1, -0.05) is 36.4 Å². The Bertz CT molecular complexity index is 1200. The van der Waals surface area contributed by atoms with E-state index < -0.39 is 0 Å². The molecule has 0 spiro atoms. The van der Waals surface area contributed by atoms with Gasteiger partial charge in [-0.2, -0.15) is 0 Å². The maximum Gasteiger partial charge on any atom is 0.226 e. The fourth-order valence-electron chi connectivity index (χ4n) is 3.60. The lowest BCUT2D eigenvalue weighted by molar-refractivity contribution is -0.120. The molecule has 30 heavy (non-hydrogen) atoms. The lowest BCUT2D eigenvalue weighted by atomic mass is 10.1. The second kappa shape index (κ2) is 8.49. The highest BCUT2D eigenvalue weighted by molar-refractivity contribution is 5.81. The van der Waals surface area contributed by atoms with Crippen molar-refractivity contribution in [3.8, 4) is 11.3 Å². The first-order chi connectivity index (χ1) is 14.5. The lowest BCUT2D eigenvalue weighted by Gasteiger charge is -2.09. The van der Waals surface area contributed by atoms with Crippen LogP contribution in [0.15, 0.2) is 66.9 Å². The van der Waals surface area contributed by atoms with Gasteiger partial charge in [-0.3, -0.25) is 4.79 Å². The third-order valence-electron chi connectivity index (χ3n) is 5.20. The van der Waals surface area contributed by atoms with Crippen molar-refractivity contribution >= 4 is 11.6 Å². The summed E-state index contributed by atoms with van der Waals surface area (Å²) in [7, 11) is 0. The first-order valence-corrected chi connectivity index (χ1v) is 10.1. The summed E-state index contributed by atoms with van der Waals surface area (Å²) in [6.07, 6.45) is 2.96. The third kappa shape index (κ3) is 4.25. The van der Waals surface area contributed by atoms with Crippen molar-refractivity contribution in [1.29, 1.82) is 0 Å². The summed E-state index contributed by atoms with van der Waals surface area (Å²) in [5, 5.41) is 3.01. The normalized spacial score (nSPS) is 11.0. The Morgan fingerprint density at radius 2 is 1.87 bits per heavy atom. The Labute approximate surface area is 175 Å². The summed E-state index contributed by atoms with van der Waals surface area (Å²) in [5.41, 5.74) is 5.91. The number of rotatable bonds is 6. The molecule has 0 aliphatic rings. The summed E-state index contributed by atoms with van der Waals surface area (Å²) in [6.45, 7) is 4.31. The molecule has 0 bridgehead atoms. The van der Waals surface area contributed by atoms with Crippen LogP contribution in [0.2, 0.25) is 0 Å². The molecule has 0 aliphatic heterocycles. The number of hydrogen-bond acceptors (Lipinski definition) is 2. The van der Waals surface area contributed by atoms with Gasteiger partial charge in [-0.25, -0.2) is 9.37 Å². The first-order valence-electron chi connectivity index (χ1n) is 10.1. The fourth-order valence-corrected chi connectivity index (χ4v) is 3.60. The standard InChI is InChI=1S/C25H24FN3O/c1-17-8-11-23-28-25(20-9-10-21(26)18(2)14-20)22(29(23)16-17)15-24(30)27-13-12-19-6-4-3-5-7-19/h3-11,14,16H,12-13,15H2,1-2H3,(H,27,30). The number of aryl methyl sites for hydroxylation is 2. The van der Waals surface area contributed by atoms with Crippen LogP contribution in [-0.4, -0.2) is 21.8 Å². The average molecular weight is 401 g/mol. The summed E-state index contributed by atoms with van der Waals surface area (Å²) < 4.78 is 15.7. The number of nitrogens with zero attached hydrogens (tertiary/aromatic N) is 2. The van der Waals surface area contributed by atoms with Gasteiger partial charge in [0.15, 0.2) is 0 Å². The Hall–Kier alpha value is -3.47. The second-order valence-corrected chi connectivity index (χ2v) is 7.57.